The molecule has 2 aliphatic carbocycles. The zero-order valence-corrected chi connectivity index (χ0v) is 16.8. The number of carbonyl (C=O) groups is 2. The summed E-state index contributed by atoms with van der Waals surface area (Å²) in [6.45, 7) is 8.22. The van der Waals surface area contributed by atoms with E-state index in [9.17, 15) is 9.59 Å². The van der Waals surface area contributed by atoms with Crippen molar-refractivity contribution < 1.29 is 20.5 Å². The van der Waals surface area contributed by atoms with Crippen LogP contribution in [0.3, 0.4) is 0 Å². The van der Waals surface area contributed by atoms with E-state index < -0.39 is 0 Å². The van der Waals surface area contributed by atoms with Crippen LogP contribution in [0.5, 0.6) is 0 Å². The van der Waals surface area contributed by atoms with Crippen molar-refractivity contribution in [3.05, 3.63) is 0 Å². The molecule has 0 unspecified atom stereocenters. The van der Waals surface area contributed by atoms with Crippen molar-refractivity contribution in [2.24, 2.45) is 17.8 Å². The number of ketones is 1. The van der Waals surface area contributed by atoms with Crippen molar-refractivity contribution in [2.45, 2.75) is 84.3 Å². The Kier molecular flexibility index (Phi) is 9.06. The van der Waals surface area contributed by atoms with Crippen molar-refractivity contribution >= 4 is 11.7 Å². The summed E-state index contributed by atoms with van der Waals surface area (Å²) in [4.78, 5) is 23.5. The summed E-state index contributed by atoms with van der Waals surface area (Å²) in [5.41, 5.74) is 0. The fourth-order valence-electron chi connectivity index (χ4n) is 3.90. The summed E-state index contributed by atoms with van der Waals surface area (Å²) in [6, 6.07) is 0.186. The largest absolute Gasteiger partial charge is 0.381 e. The zero-order chi connectivity index (χ0) is 18.9. The van der Waals surface area contributed by atoms with E-state index in [4.69, 9.17) is 9.47 Å². The van der Waals surface area contributed by atoms with Crippen LogP contribution in [0.1, 0.15) is 73.6 Å². The lowest BCUT2D eigenvalue weighted by molar-refractivity contribution is -0.129. The lowest BCUT2D eigenvalue weighted by Crippen LogP contribution is -2.46. The van der Waals surface area contributed by atoms with E-state index >= 15 is 0 Å². The van der Waals surface area contributed by atoms with Crippen molar-refractivity contribution in [3.63, 3.8) is 0 Å². The predicted octanol–water partition coefficient (Wildman–Crippen LogP) is 3.74. The molecule has 1 amide bonds. The third-order valence-corrected chi connectivity index (χ3v) is 5.77. The Balaban J connectivity index is 0.00000364. The molecule has 0 bridgehead atoms. The Labute approximate surface area is 160 Å². The number of carbonyl (C=O) groups excluding carboxylic acids is 2. The number of ether oxygens (including phenoxy) is 2. The first kappa shape index (κ1) is 21.4. The summed E-state index contributed by atoms with van der Waals surface area (Å²) >= 11 is 0. The van der Waals surface area contributed by atoms with Gasteiger partial charge in [0.25, 0.3) is 0 Å². The van der Waals surface area contributed by atoms with E-state index in [0.29, 0.717) is 43.2 Å². The maximum Gasteiger partial charge on any atom is 0.222 e. The molecule has 5 nitrogen and oxygen atoms in total. The van der Waals surface area contributed by atoms with E-state index in [1.807, 2.05) is 6.92 Å². The molecule has 0 atom stereocenters. The van der Waals surface area contributed by atoms with Gasteiger partial charge in [0.2, 0.25) is 5.91 Å². The maximum atomic E-state index is 11.9. The van der Waals surface area contributed by atoms with E-state index in [-0.39, 0.29) is 19.3 Å². The molecule has 0 radical (unpaired) electrons. The van der Waals surface area contributed by atoms with E-state index in [1.54, 1.807) is 0 Å². The lowest BCUT2D eigenvalue weighted by atomic mass is 9.77. The highest BCUT2D eigenvalue weighted by Crippen LogP contribution is 2.30. The molecular weight excluding hydrogens is 330 g/mol. The number of nitrogens with one attached hydrogen (secondary N) is 1. The minimum atomic E-state index is 0. The second-order valence-corrected chi connectivity index (χ2v) is 8.35. The SMILES string of the molecule is CCC(=O)C1CC(NC(=O)CCOCC2CCC(COC(C)C)CC2)C1.[HH]. The monoisotopic (exact) mass is 369 g/mol. The normalized spacial score (nSPS) is 28.6. The van der Waals surface area contributed by atoms with Gasteiger partial charge in [-0.05, 0) is 64.2 Å². The van der Waals surface area contributed by atoms with E-state index in [2.05, 4.69) is 19.2 Å². The molecule has 0 aromatic rings. The van der Waals surface area contributed by atoms with Crippen molar-refractivity contribution in [1.29, 1.82) is 0 Å². The highest BCUT2D eigenvalue weighted by atomic mass is 16.5. The standard InChI is InChI=1S/C21H37NO4.H2/c1-4-20(23)18-11-19(12-18)22-21(24)9-10-25-13-16-5-7-17(8-6-16)14-26-15(2)3;/h15-19H,4-14H2,1-3H3,(H,22,24);1H. The topological polar surface area (TPSA) is 64.6 Å². The molecule has 152 valence electrons. The van der Waals surface area contributed by atoms with Crippen LogP contribution >= 0.6 is 0 Å². The number of hydrogen-bond donors (Lipinski definition) is 1. The molecule has 1 N–H and O–H groups in total. The van der Waals surface area contributed by atoms with Gasteiger partial charge in [-0.15, -0.1) is 0 Å². The Morgan fingerprint density at radius 3 is 2.27 bits per heavy atom. The van der Waals surface area contributed by atoms with Crippen LogP contribution in [0.2, 0.25) is 0 Å². The first-order valence-electron chi connectivity index (χ1n) is 10.5. The van der Waals surface area contributed by atoms with Crippen molar-refractivity contribution in [2.75, 3.05) is 19.8 Å². The molecule has 2 aliphatic rings. The van der Waals surface area contributed by atoms with Gasteiger partial charge in [-0.2, -0.15) is 0 Å². The quantitative estimate of drug-likeness (QED) is 0.564. The van der Waals surface area contributed by atoms with Gasteiger partial charge in [0, 0.05) is 39.4 Å². The second kappa shape index (κ2) is 11.0. The van der Waals surface area contributed by atoms with Crippen LogP contribution < -0.4 is 5.32 Å². The van der Waals surface area contributed by atoms with Gasteiger partial charge in [-0.1, -0.05) is 6.92 Å². The minimum Gasteiger partial charge on any atom is -0.381 e. The Bertz CT molecular complexity index is 443. The van der Waals surface area contributed by atoms with Crippen molar-refractivity contribution in [3.8, 4) is 0 Å². The van der Waals surface area contributed by atoms with Gasteiger partial charge in [0.05, 0.1) is 12.7 Å². The molecule has 2 saturated carbocycles. The Hall–Kier alpha value is -0.940. The third-order valence-electron chi connectivity index (χ3n) is 5.77. The first-order valence-corrected chi connectivity index (χ1v) is 10.5. The molecule has 0 aromatic carbocycles. The highest BCUT2D eigenvalue weighted by Gasteiger charge is 2.34. The average Bonchev–Trinajstić information content (AvgIpc) is 2.60. The predicted molar refractivity (Wildman–Crippen MR) is 104 cm³/mol. The van der Waals surface area contributed by atoms with Gasteiger partial charge < -0.3 is 14.8 Å². The summed E-state index contributed by atoms with van der Waals surface area (Å²) in [5.74, 6) is 1.87. The number of amides is 1. The van der Waals surface area contributed by atoms with Crippen LogP contribution in [0.15, 0.2) is 0 Å². The Morgan fingerprint density at radius 1 is 1.08 bits per heavy atom. The lowest BCUT2D eigenvalue weighted by Gasteiger charge is -2.34. The smallest absolute Gasteiger partial charge is 0.222 e. The molecule has 0 spiro atoms. The fraction of sp³-hybridized carbons (Fsp3) is 0.905. The molecule has 2 fully saturated rings. The molecule has 0 aliphatic heterocycles. The molecule has 0 aromatic heterocycles. The maximum absolute atomic E-state index is 11.9. The first-order chi connectivity index (χ1) is 12.5. The van der Waals surface area contributed by atoms with Crippen molar-refractivity contribution in [1.82, 2.24) is 5.32 Å². The number of hydrogen-bond acceptors (Lipinski definition) is 4. The van der Waals surface area contributed by atoms with E-state index in [0.717, 1.165) is 26.1 Å². The van der Waals surface area contributed by atoms with Gasteiger partial charge in [0.15, 0.2) is 0 Å². The molecule has 0 heterocycles. The molecule has 0 saturated heterocycles. The van der Waals surface area contributed by atoms with Crippen LogP contribution in [0, 0.1) is 17.8 Å². The van der Waals surface area contributed by atoms with Gasteiger partial charge in [-0.25, -0.2) is 0 Å². The van der Waals surface area contributed by atoms with Crippen LogP contribution in [0.25, 0.3) is 0 Å². The second-order valence-electron chi connectivity index (χ2n) is 8.35. The van der Waals surface area contributed by atoms with Crippen LogP contribution in [0.4, 0.5) is 0 Å². The van der Waals surface area contributed by atoms with E-state index in [1.165, 1.54) is 25.7 Å². The molecule has 5 heteroatoms. The van der Waals surface area contributed by atoms with Crippen LogP contribution in [-0.4, -0.2) is 43.7 Å². The average molecular weight is 370 g/mol. The Morgan fingerprint density at radius 2 is 1.69 bits per heavy atom. The summed E-state index contributed by atoms with van der Waals surface area (Å²) in [7, 11) is 0. The molecule has 2 rings (SSSR count). The third kappa shape index (κ3) is 7.36. The molecule has 26 heavy (non-hydrogen) atoms. The van der Waals surface area contributed by atoms with Crippen LogP contribution in [-0.2, 0) is 19.1 Å². The minimum absolute atomic E-state index is 0. The summed E-state index contributed by atoms with van der Waals surface area (Å²) < 4.78 is 11.5. The number of Topliss-reactive ketones (excluding diaryl/α,β-unsaturated/α-hetero) is 1. The summed E-state index contributed by atoms with van der Waals surface area (Å²) in [6.07, 6.45) is 7.81. The van der Waals surface area contributed by atoms with Gasteiger partial charge in [0.1, 0.15) is 5.78 Å². The zero-order valence-electron chi connectivity index (χ0n) is 16.8. The van der Waals surface area contributed by atoms with Gasteiger partial charge >= 0.3 is 0 Å². The fourth-order valence-corrected chi connectivity index (χ4v) is 3.90. The number of rotatable bonds is 11. The molecular formula is C21H39NO4. The highest BCUT2D eigenvalue weighted by molar-refractivity contribution is 5.82. The summed E-state index contributed by atoms with van der Waals surface area (Å²) in [5, 5.41) is 3.01. The van der Waals surface area contributed by atoms with Gasteiger partial charge in [-0.3, -0.25) is 9.59 Å².